The van der Waals surface area contributed by atoms with E-state index in [4.69, 9.17) is 5.11 Å². The van der Waals surface area contributed by atoms with Gasteiger partial charge in [-0.3, -0.25) is 0 Å². The van der Waals surface area contributed by atoms with Crippen LogP contribution in [0.25, 0.3) is 0 Å². The summed E-state index contributed by atoms with van der Waals surface area (Å²) in [5, 5.41) is 14.2. The van der Waals surface area contributed by atoms with E-state index in [0.717, 1.165) is 0 Å². The third-order valence-corrected chi connectivity index (χ3v) is 3.40. The van der Waals surface area contributed by atoms with Crippen LogP contribution in [-0.4, -0.2) is 33.1 Å². The molecule has 1 unspecified atom stereocenters. The Morgan fingerprint density at radius 2 is 2.14 bits per heavy atom. The predicted molar refractivity (Wildman–Crippen MR) is 80.0 cm³/mol. The summed E-state index contributed by atoms with van der Waals surface area (Å²) in [5.74, 6) is -1.12. The summed E-state index contributed by atoms with van der Waals surface area (Å²) in [7, 11) is 0. The number of carbonyl (C=O) groups is 2. The number of aliphatic carboxylic acids is 1. The van der Waals surface area contributed by atoms with Gasteiger partial charge in [-0.15, -0.1) is 0 Å². The van der Waals surface area contributed by atoms with Crippen molar-refractivity contribution in [2.45, 2.75) is 12.5 Å². The Balaban J connectivity index is 1.98. The van der Waals surface area contributed by atoms with Gasteiger partial charge in [-0.1, -0.05) is 12.1 Å². The largest absolute Gasteiger partial charge is 0.480 e. The van der Waals surface area contributed by atoms with Gasteiger partial charge in [-0.2, -0.15) is 0 Å². The van der Waals surface area contributed by atoms with Gasteiger partial charge in [0.1, 0.15) is 6.04 Å². The Bertz CT molecular complexity index is 630. The lowest BCUT2D eigenvalue weighted by molar-refractivity contribution is -0.139. The molecule has 0 fully saturated rings. The minimum atomic E-state index is -1.12. The number of carboxylic acid groups (broad SMARTS) is 1. The van der Waals surface area contributed by atoms with Crippen molar-refractivity contribution in [1.29, 1.82) is 0 Å². The summed E-state index contributed by atoms with van der Waals surface area (Å²) >= 11 is 3.30. The summed E-state index contributed by atoms with van der Waals surface area (Å²) in [6, 6.07) is 5.41. The average molecular weight is 353 g/mol. The third kappa shape index (κ3) is 4.32. The van der Waals surface area contributed by atoms with Crippen molar-refractivity contribution in [1.82, 2.24) is 15.3 Å². The molecule has 1 aromatic heterocycles. The highest BCUT2D eigenvalue weighted by Gasteiger charge is 2.21. The number of hydrogen-bond acceptors (Lipinski definition) is 3. The molecule has 2 aromatic rings. The Morgan fingerprint density at radius 3 is 2.76 bits per heavy atom. The van der Waals surface area contributed by atoms with Crippen LogP contribution >= 0.6 is 15.9 Å². The number of H-pyrrole nitrogens is 1. The van der Waals surface area contributed by atoms with Crippen LogP contribution in [0, 0.1) is 0 Å². The van der Waals surface area contributed by atoms with Gasteiger partial charge in [0.15, 0.2) is 0 Å². The van der Waals surface area contributed by atoms with Crippen LogP contribution in [0.15, 0.2) is 41.3 Å². The standard InChI is InChI=1S/C13H13BrN4O3/c14-9-3-1-2-4-10(9)17-13(21)18-11(12(19)20)5-8-6-15-7-16-8/h1-4,6-7,11H,5H2,(H,15,16)(H,19,20)(H2,17,18,21). The topological polar surface area (TPSA) is 107 Å². The molecule has 0 aliphatic carbocycles. The number of nitrogens with zero attached hydrogens (tertiary/aromatic N) is 1. The molecular formula is C13H13BrN4O3. The van der Waals surface area contributed by atoms with Gasteiger partial charge < -0.3 is 20.7 Å². The van der Waals surface area contributed by atoms with Gasteiger partial charge in [0.2, 0.25) is 0 Å². The number of carbonyl (C=O) groups excluding carboxylic acids is 1. The van der Waals surface area contributed by atoms with E-state index in [0.29, 0.717) is 15.9 Å². The summed E-state index contributed by atoms with van der Waals surface area (Å²) < 4.78 is 0.709. The number of amides is 2. The number of benzene rings is 1. The molecule has 1 aromatic carbocycles. The van der Waals surface area contributed by atoms with Gasteiger partial charge in [-0.05, 0) is 28.1 Å². The molecule has 2 rings (SSSR count). The maximum absolute atomic E-state index is 11.9. The second-order valence-electron chi connectivity index (χ2n) is 4.25. The smallest absolute Gasteiger partial charge is 0.326 e. The number of carboxylic acids is 1. The quantitative estimate of drug-likeness (QED) is 0.659. The van der Waals surface area contributed by atoms with Crippen LogP contribution in [0.3, 0.4) is 0 Å². The zero-order valence-corrected chi connectivity index (χ0v) is 12.4. The van der Waals surface area contributed by atoms with Gasteiger partial charge in [-0.25, -0.2) is 14.6 Å². The van der Waals surface area contributed by atoms with Crippen molar-refractivity contribution in [2.75, 3.05) is 5.32 Å². The maximum atomic E-state index is 11.9. The van der Waals surface area contributed by atoms with E-state index in [1.165, 1.54) is 12.5 Å². The lowest BCUT2D eigenvalue weighted by atomic mass is 10.2. The van der Waals surface area contributed by atoms with Crippen LogP contribution in [0.2, 0.25) is 0 Å². The maximum Gasteiger partial charge on any atom is 0.326 e. The van der Waals surface area contributed by atoms with Crippen molar-refractivity contribution in [3.8, 4) is 0 Å². The Morgan fingerprint density at radius 1 is 1.38 bits per heavy atom. The number of aromatic nitrogens is 2. The highest BCUT2D eigenvalue weighted by Crippen LogP contribution is 2.20. The fraction of sp³-hybridized carbons (Fsp3) is 0.154. The highest BCUT2D eigenvalue weighted by molar-refractivity contribution is 9.10. The van der Waals surface area contributed by atoms with E-state index in [1.54, 1.807) is 18.2 Å². The molecular weight excluding hydrogens is 340 g/mol. The lowest BCUT2D eigenvalue weighted by Crippen LogP contribution is -2.44. The van der Waals surface area contributed by atoms with Crippen LogP contribution < -0.4 is 10.6 Å². The Hall–Kier alpha value is -2.35. The fourth-order valence-corrected chi connectivity index (χ4v) is 2.08. The molecule has 7 nitrogen and oxygen atoms in total. The SMILES string of the molecule is O=C(Nc1ccccc1Br)NC(Cc1cnc[nH]1)C(=O)O. The molecule has 0 radical (unpaired) electrons. The number of imidazole rings is 1. The van der Waals surface area contributed by atoms with Crippen LogP contribution in [-0.2, 0) is 11.2 Å². The number of anilines is 1. The zero-order chi connectivity index (χ0) is 15.2. The summed E-state index contributed by atoms with van der Waals surface area (Å²) in [5.41, 5.74) is 1.18. The predicted octanol–water partition coefficient (Wildman–Crippen LogP) is 1.99. The first-order valence-corrected chi connectivity index (χ1v) is 6.87. The van der Waals surface area contributed by atoms with E-state index in [2.05, 4.69) is 36.5 Å². The second kappa shape index (κ2) is 6.89. The van der Waals surface area contributed by atoms with Crippen molar-refractivity contribution in [2.24, 2.45) is 0 Å². The number of rotatable bonds is 5. The number of nitrogens with one attached hydrogen (secondary N) is 3. The molecule has 110 valence electrons. The molecule has 0 bridgehead atoms. The van der Waals surface area contributed by atoms with E-state index in [-0.39, 0.29) is 6.42 Å². The van der Waals surface area contributed by atoms with E-state index < -0.39 is 18.0 Å². The number of hydrogen-bond donors (Lipinski definition) is 4. The van der Waals surface area contributed by atoms with Crippen molar-refractivity contribution >= 4 is 33.6 Å². The zero-order valence-electron chi connectivity index (χ0n) is 10.8. The van der Waals surface area contributed by atoms with Crippen LogP contribution in [0.5, 0.6) is 0 Å². The first-order chi connectivity index (χ1) is 10.1. The number of para-hydroxylation sites is 1. The normalized spacial score (nSPS) is 11.7. The van der Waals surface area contributed by atoms with Crippen LogP contribution in [0.1, 0.15) is 5.69 Å². The highest BCUT2D eigenvalue weighted by atomic mass is 79.9. The summed E-state index contributed by atoms with van der Waals surface area (Å²) in [6.45, 7) is 0. The summed E-state index contributed by atoms with van der Waals surface area (Å²) in [4.78, 5) is 29.7. The fourth-order valence-electron chi connectivity index (χ4n) is 1.70. The molecule has 0 spiro atoms. The van der Waals surface area contributed by atoms with Gasteiger partial charge in [0, 0.05) is 22.8 Å². The summed E-state index contributed by atoms with van der Waals surface area (Å²) in [6.07, 6.45) is 3.09. The van der Waals surface area contributed by atoms with Crippen molar-refractivity contribution in [3.63, 3.8) is 0 Å². The molecule has 2 amide bonds. The molecule has 8 heteroatoms. The molecule has 0 aliphatic rings. The van der Waals surface area contributed by atoms with E-state index in [9.17, 15) is 9.59 Å². The number of aromatic amines is 1. The van der Waals surface area contributed by atoms with Crippen molar-refractivity contribution in [3.05, 3.63) is 47.0 Å². The first-order valence-electron chi connectivity index (χ1n) is 6.08. The van der Waals surface area contributed by atoms with E-state index >= 15 is 0 Å². The van der Waals surface area contributed by atoms with Gasteiger partial charge in [0.05, 0.1) is 12.0 Å². The Labute approximate surface area is 128 Å². The van der Waals surface area contributed by atoms with Gasteiger partial charge >= 0.3 is 12.0 Å². The third-order valence-electron chi connectivity index (χ3n) is 2.70. The minimum Gasteiger partial charge on any atom is -0.480 e. The molecule has 1 heterocycles. The Kier molecular flexibility index (Phi) is 4.94. The molecule has 0 aliphatic heterocycles. The second-order valence-corrected chi connectivity index (χ2v) is 5.10. The number of halogens is 1. The molecule has 0 saturated carbocycles. The average Bonchev–Trinajstić information content (AvgIpc) is 2.93. The van der Waals surface area contributed by atoms with Crippen molar-refractivity contribution < 1.29 is 14.7 Å². The molecule has 4 N–H and O–H groups in total. The molecule has 21 heavy (non-hydrogen) atoms. The first kappa shape index (κ1) is 15.0. The van der Waals surface area contributed by atoms with Crippen LogP contribution in [0.4, 0.5) is 10.5 Å². The minimum absolute atomic E-state index is 0.124. The molecule has 0 saturated heterocycles. The monoisotopic (exact) mass is 352 g/mol. The number of urea groups is 1. The molecule has 1 atom stereocenters. The van der Waals surface area contributed by atoms with Gasteiger partial charge in [0.25, 0.3) is 0 Å². The van der Waals surface area contributed by atoms with E-state index in [1.807, 2.05) is 6.07 Å². The lowest BCUT2D eigenvalue weighted by Gasteiger charge is -2.15.